The van der Waals surface area contributed by atoms with Gasteiger partial charge in [0.15, 0.2) is 0 Å². The molecule has 0 spiro atoms. The molecule has 14 heavy (non-hydrogen) atoms. The van der Waals surface area contributed by atoms with E-state index >= 15 is 0 Å². The number of fused-ring (bicyclic) bond motifs is 1. The highest BCUT2D eigenvalue weighted by Crippen LogP contribution is 2.25. The third-order valence-electron chi connectivity index (χ3n) is 1.98. The van der Waals surface area contributed by atoms with E-state index in [9.17, 15) is 0 Å². The molecule has 1 aromatic heterocycles. The Labute approximate surface area is 92.2 Å². The smallest absolute Gasteiger partial charge is 0.0931 e. The maximum absolute atomic E-state index is 4.37. The number of rotatable bonds is 2. The first-order chi connectivity index (χ1) is 6.76. The molecule has 0 amide bonds. The van der Waals surface area contributed by atoms with Crippen LogP contribution >= 0.6 is 24.3 Å². The van der Waals surface area contributed by atoms with E-state index in [1.54, 1.807) is 6.08 Å². The zero-order chi connectivity index (χ0) is 10.1. The SMILES string of the molecule is C=Cc1nn(P=C)c2ccc(Br)cc12. The van der Waals surface area contributed by atoms with Crippen LogP contribution in [0.5, 0.6) is 0 Å². The number of halogens is 1. The summed E-state index contributed by atoms with van der Waals surface area (Å²) in [4.78, 5) is 0. The highest BCUT2D eigenvalue weighted by molar-refractivity contribution is 9.10. The van der Waals surface area contributed by atoms with E-state index in [1.807, 2.05) is 22.7 Å². The third-order valence-corrected chi connectivity index (χ3v) is 3.05. The molecular weight excluding hydrogens is 259 g/mol. The van der Waals surface area contributed by atoms with Gasteiger partial charge in [-0.2, -0.15) is 5.10 Å². The molecule has 0 fully saturated rings. The summed E-state index contributed by atoms with van der Waals surface area (Å²) in [6, 6.07) is 6.07. The maximum atomic E-state index is 4.37. The molecule has 1 heterocycles. The predicted molar refractivity (Wildman–Crippen MR) is 67.0 cm³/mol. The van der Waals surface area contributed by atoms with Crippen molar-refractivity contribution >= 4 is 47.6 Å². The Bertz CT molecular complexity index is 516. The molecule has 0 unspecified atom stereocenters. The zero-order valence-corrected chi connectivity index (χ0v) is 9.92. The molecule has 2 rings (SSSR count). The summed E-state index contributed by atoms with van der Waals surface area (Å²) in [5.74, 6) is 0. The van der Waals surface area contributed by atoms with Crippen LogP contribution in [0.2, 0.25) is 0 Å². The monoisotopic (exact) mass is 266 g/mol. The van der Waals surface area contributed by atoms with Crippen LogP contribution in [0.4, 0.5) is 0 Å². The third kappa shape index (κ3) is 1.43. The van der Waals surface area contributed by atoms with Crippen molar-refractivity contribution in [1.29, 1.82) is 0 Å². The van der Waals surface area contributed by atoms with Crippen LogP contribution in [0.1, 0.15) is 5.69 Å². The van der Waals surface area contributed by atoms with E-state index in [4.69, 9.17) is 0 Å². The molecule has 0 saturated carbocycles. The van der Waals surface area contributed by atoms with Gasteiger partial charge in [-0.3, -0.25) is 0 Å². The van der Waals surface area contributed by atoms with E-state index in [0.29, 0.717) is 0 Å². The molecule has 0 aliphatic heterocycles. The Morgan fingerprint density at radius 1 is 1.50 bits per heavy atom. The van der Waals surface area contributed by atoms with Crippen molar-refractivity contribution in [3.8, 4) is 0 Å². The minimum Gasteiger partial charge on any atom is -0.215 e. The van der Waals surface area contributed by atoms with Gasteiger partial charge in [-0.15, -0.1) is 0 Å². The van der Waals surface area contributed by atoms with E-state index < -0.39 is 0 Å². The fraction of sp³-hybridized carbons (Fsp3) is 0. The maximum Gasteiger partial charge on any atom is 0.0931 e. The lowest BCUT2D eigenvalue weighted by molar-refractivity contribution is 1.03. The second kappa shape index (κ2) is 3.68. The summed E-state index contributed by atoms with van der Waals surface area (Å²) in [5, 5.41) is 5.47. The lowest BCUT2D eigenvalue weighted by Crippen LogP contribution is -1.81. The predicted octanol–water partition coefficient (Wildman–Crippen LogP) is 3.58. The van der Waals surface area contributed by atoms with Gasteiger partial charge in [0, 0.05) is 18.2 Å². The number of hydrogen-bond donors (Lipinski definition) is 0. The summed E-state index contributed by atoms with van der Waals surface area (Å²) in [6.07, 6.45) is 5.56. The zero-order valence-electron chi connectivity index (χ0n) is 7.44. The molecule has 0 saturated heterocycles. The van der Waals surface area contributed by atoms with Gasteiger partial charge in [-0.05, 0) is 24.3 Å². The Kier molecular flexibility index (Phi) is 2.53. The molecule has 0 aliphatic rings. The molecule has 2 nitrogen and oxygen atoms in total. The van der Waals surface area contributed by atoms with E-state index in [-0.39, 0.29) is 0 Å². The largest absolute Gasteiger partial charge is 0.215 e. The van der Waals surface area contributed by atoms with Crippen LogP contribution in [-0.4, -0.2) is 15.9 Å². The molecule has 0 N–H and O–H groups in total. The van der Waals surface area contributed by atoms with Crippen molar-refractivity contribution in [2.75, 3.05) is 0 Å². The first-order valence-corrected chi connectivity index (χ1v) is 5.86. The summed E-state index contributed by atoms with van der Waals surface area (Å²) >= 11 is 3.44. The van der Waals surface area contributed by atoms with Crippen LogP contribution in [0, 0.1) is 0 Å². The fourth-order valence-corrected chi connectivity index (χ4v) is 2.20. The van der Waals surface area contributed by atoms with Gasteiger partial charge in [0.2, 0.25) is 0 Å². The molecule has 0 radical (unpaired) electrons. The quantitative estimate of drug-likeness (QED) is 0.760. The van der Waals surface area contributed by atoms with Crippen molar-refractivity contribution in [3.05, 3.63) is 34.9 Å². The molecule has 4 heteroatoms. The van der Waals surface area contributed by atoms with E-state index in [0.717, 1.165) is 29.4 Å². The van der Waals surface area contributed by atoms with Gasteiger partial charge in [0.25, 0.3) is 0 Å². The van der Waals surface area contributed by atoms with Gasteiger partial charge < -0.3 is 0 Å². The minimum atomic E-state index is 0.865. The molecule has 0 bridgehead atoms. The fourth-order valence-electron chi connectivity index (χ4n) is 1.36. The number of hydrogen-bond acceptors (Lipinski definition) is 1. The van der Waals surface area contributed by atoms with Crippen LogP contribution < -0.4 is 0 Å². The normalized spacial score (nSPS) is 10.9. The average Bonchev–Trinajstić information content (AvgIpc) is 2.55. The van der Waals surface area contributed by atoms with Crippen LogP contribution in [-0.2, 0) is 0 Å². The summed E-state index contributed by atoms with van der Waals surface area (Å²) < 4.78 is 2.90. The van der Waals surface area contributed by atoms with E-state index in [1.165, 1.54) is 0 Å². The molecule has 0 aliphatic carbocycles. The van der Waals surface area contributed by atoms with E-state index in [2.05, 4.69) is 33.9 Å². The second-order valence-electron chi connectivity index (χ2n) is 2.78. The lowest BCUT2D eigenvalue weighted by Gasteiger charge is -1.93. The molecule has 1 aromatic carbocycles. The highest BCUT2D eigenvalue weighted by Gasteiger charge is 2.06. The minimum absolute atomic E-state index is 0.865. The highest BCUT2D eigenvalue weighted by atomic mass is 79.9. The first kappa shape index (κ1) is 9.63. The van der Waals surface area contributed by atoms with Crippen LogP contribution in [0.25, 0.3) is 17.0 Å². The van der Waals surface area contributed by atoms with Crippen molar-refractivity contribution in [3.63, 3.8) is 0 Å². The molecular formula is C10H8BrN2P. The van der Waals surface area contributed by atoms with Crippen molar-refractivity contribution < 1.29 is 0 Å². The van der Waals surface area contributed by atoms with Gasteiger partial charge >= 0.3 is 0 Å². The van der Waals surface area contributed by atoms with Crippen molar-refractivity contribution in [2.24, 2.45) is 0 Å². The summed E-state index contributed by atoms with van der Waals surface area (Å²) in [5.41, 5.74) is 1.98. The Morgan fingerprint density at radius 3 is 2.93 bits per heavy atom. The molecule has 0 atom stereocenters. The molecule has 70 valence electrons. The lowest BCUT2D eigenvalue weighted by atomic mass is 10.2. The van der Waals surface area contributed by atoms with Gasteiger partial charge in [-0.25, -0.2) is 4.45 Å². The van der Waals surface area contributed by atoms with Gasteiger partial charge in [0.05, 0.1) is 11.2 Å². The van der Waals surface area contributed by atoms with Gasteiger partial charge in [0.1, 0.15) is 0 Å². The van der Waals surface area contributed by atoms with Gasteiger partial charge in [-0.1, -0.05) is 28.8 Å². The standard InChI is InChI=1S/C10H8BrN2P/c1-3-9-8-6-7(11)4-5-10(8)13(12-9)14-2/h3-6H,1-2H2. The van der Waals surface area contributed by atoms with Crippen molar-refractivity contribution in [1.82, 2.24) is 9.55 Å². The van der Waals surface area contributed by atoms with Crippen LogP contribution in [0.3, 0.4) is 0 Å². The number of aromatic nitrogens is 2. The average molecular weight is 267 g/mol. The summed E-state index contributed by atoms with van der Waals surface area (Å²) in [6.45, 7) is 3.74. The number of nitrogens with zero attached hydrogens (tertiary/aromatic N) is 2. The first-order valence-electron chi connectivity index (χ1n) is 4.04. The Hall–Kier alpha value is -0.920. The number of benzene rings is 1. The second-order valence-corrected chi connectivity index (χ2v) is 4.36. The van der Waals surface area contributed by atoms with Crippen LogP contribution in [0.15, 0.2) is 29.3 Å². The Balaban J connectivity index is 2.88. The molecule has 2 aromatic rings. The Morgan fingerprint density at radius 2 is 2.29 bits per heavy atom. The summed E-state index contributed by atoms with van der Waals surface area (Å²) in [7, 11) is 0.865. The topological polar surface area (TPSA) is 17.8 Å². The van der Waals surface area contributed by atoms with Crippen molar-refractivity contribution in [2.45, 2.75) is 0 Å².